The highest BCUT2D eigenvalue weighted by atomic mass is 16.5. The summed E-state index contributed by atoms with van der Waals surface area (Å²) in [4.78, 5) is 0. The summed E-state index contributed by atoms with van der Waals surface area (Å²) in [5.74, 6) is 0.431. The van der Waals surface area contributed by atoms with Crippen LogP contribution in [-0.4, -0.2) is 24.9 Å². The van der Waals surface area contributed by atoms with Gasteiger partial charge in [0, 0.05) is 19.6 Å². The second-order valence-corrected chi connectivity index (χ2v) is 2.29. The van der Waals surface area contributed by atoms with E-state index < -0.39 is 0 Å². The van der Waals surface area contributed by atoms with E-state index in [4.69, 9.17) is 9.84 Å². The molecule has 8 heavy (non-hydrogen) atoms. The number of aliphatic hydroxyl groups excluding tert-OH is 1. The molecule has 1 fully saturated rings. The van der Waals surface area contributed by atoms with Crippen molar-refractivity contribution >= 4 is 0 Å². The van der Waals surface area contributed by atoms with Crippen molar-refractivity contribution in [3.8, 4) is 0 Å². The number of rotatable bonds is 2. The zero-order valence-corrected chi connectivity index (χ0v) is 5.13. The van der Waals surface area contributed by atoms with Gasteiger partial charge in [-0.1, -0.05) is 0 Å². The molecule has 0 saturated heterocycles. The van der Waals surface area contributed by atoms with Gasteiger partial charge in [0.2, 0.25) is 0 Å². The number of aliphatic hydroxyl groups is 1. The first-order valence-corrected chi connectivity index (χ1v) is 3.02. The van der Waals surface area contributed by atoms with Gasteiger partial charge in [-0.2, -0.15) is 0 Å². The van der Waals surface area contributed by atoms with Gasteiger partial charge in [-0.15, -0.1) is 0 Å². The van der Waals surface area contributed by atoms with Crippen LogP contribution < -0.4 is 0 Å². The highest BCUT2D eigenvalue weighted by Gasteiger charge is 2.29. The molecular formula is C6H12O2. The Morgan fingerprint density at radius 3 is 2.50 bits per heavy atom. The number of ether oxygens (including phenoxy) is 1. The smallest absolute Gasteiger partial charge is 0.0621 e. The molecule has 0 radical (unpaired) electrons. The average Bonchev–Trinajstić information content (AvgIpc) is 1.66. The normalized spacial score (nSPS) is 36.8. The number of methoxy groups -OCH3 is 1. The summed E-state index contributed by atoms with van der Waals surface area (Å²) < 4.78 is 5.03. The van der Waals surface area contributed by atoms with Crippen molar-refractivity contribution in [1.29, 1.82) is 0 Å². The quantitative estimate of drug-likeness (QED) is 0.566. The Morgan fingerprint density at radius 1 is 1.62 bits per heavy atom. The zero-order chi connectivity index (χ0) is 5.98. The largest absolute Gasteiger partial charge is 0.396 e. The lowest BCUT2D eigenvalue weighted by Gasteiger charge is -2.33. The molecule has 1 aliphatic rings. The summed E-state index contributed by atoms with van der Waals surface area (Å²) in [6, 6.07) is 0. The van der Waals surface area contributed by atoms with Crippen molar-refractivity contribution in [2.24, 2.45) is 5.92 Å². The number of hydrogen-bond donors (Lipinski definition) is 1. The van der Waals surface area contributed by atoms with E-state index in [9.17, 15) is 0 Å². The van der Waals surface area contributed by atoms with Crippen LogP contribution in [0.1, 0.15) is 12.8 Å². The highest BCUT2D eigenvalue weighted by Crippen LogP contribution is 2.28. The van der Waals surface area contributed by atoms with Gasteiger partial charge in [-0.05, 0) is 12.8 Å². The Bertz CT molecular complexity index is 58.9. The van der Waals surface area contributed by atoms with Gasteiger partial charge in [0.1, 0.15) is 0 Å². The maximum Gasteiger partial charge on any atom is 0.0621 e. The Morgan fingerprint density at radius 2 is 2.38 bits per heavy atom. The van der Waals surface area contributed by atoms with E-state index in [1.54, 1.807) is 7.11 Å². The minimum atomic E-state index is 0.290. The molecule has 1 N–H and O–H groups in total. The lowest BCUT2D eigenvalue weighted by Crippen LogP contribution is -2.35. The zero-order valence-electron chi connectivity index (χ0n) is 5.13. The molecule has 1 rings (SSSR count). The standard InChI is InChI=1S/C6H12O2/c1-8-6-3-2-5(6)4-7/h5-7H,2-4H2,1H3/t5-,6+/m0/s1. The molecule has 1 saturated carbocycles. The molecule has 0 aromatic heterocycles. The second-order valence-electron chi connectivity index (χ2n) is 2.29. The van der Waals surface area contributed by atoms with E-state index in [0.717, 1.165) is 12.8 Å². The monoisotopic (exact) mass is 116 g/mol. The van der Waals surface area contributed by atoms with Gasteiger partial charge in [-0.25, -0.2) is 0 Å². The minimum Gasteiger partial charge on any atom is -0.396 e. The van der Waals surface area contributed by atoms with Crippen LogP contribution in [-0.2, 0) is 4.74 Å². The van der Waals surface area contributed by atoms with Crippen LogP contribution in [0.25, 0.3) is 0 Å². The molecule has 2 nitrogen and oxygen atoms in total. The van der Waals surface area contributed by atoms with Gasteiger partial charge in [-0.3, -0.25) is 0 Å². The fourth-order valence-electron chi connectivity index (χ4n) is 1.06. The second kappa shape index (κ2) is 2.46. The third kappa shape index (κ3) is 0.858. The molecule has 0 unspecified atom stereocenters. The molecule has 48 valence electrons. The first kappa shape index (κ1) is 6.05. The average molecular weight is 116 g/mol. The first-order chi connectivity index (χ1) is 3.88. The van der Waals surface area contributed by atoms with Crippen LogP contribution in [0, 0.1) is 5.92 Å². The predicted molar refractivity (Wildman–Crippen MR) is 30.6 cm³/mol. The molecule has 1 aliphatic carbocycles. The van der Waals surface area contributed by atoms with Crippen molar-refractivity contribution < 1.29 is 9.84 Å². The fraction of sp³-hybridized carbons (Fsp3) is 1.00. The van der Waals surface area contributed by atoms with Crippen LogP contribution in [0.2, 0.25) is 0 Å². The third-order valence-corrected chi connectivity index (χ3v) is 1.89. The summed E-state index contributed by atoms with van der Waals surface area (Å²) in [5, 5.41) is 8.61. The first-order valence-electron chi connectivity index (χ1n) is 3.02. The number of hydrogen-bond acceptors (Lipinski definition) is 2. The molecular weight excluding hydrogens is 104 g/mol. The van der Waals surface area contributed by atoms with Crippen LogP contribution >= 0.6 is 0 Å². The Balaban J connectivity index is 2.16. The Kier molecular flexibility index (Phi) is 1.86. The third-order valence-electron chi connectivity index (χ3n) is 1.89. The molecule has 2 heteroatoms. The molecule has 0 aliphatic heterocycles. The molecule has 0 aromatic rings. The summed E-state index contributed by atoms with van der Waals surface area (Å²) in [6.45, 7) is 0.290. The Hall–Kier alpha value is -0.0800. The topological polar surface area (TPSA) is 29.5 Å². The van der Waals surface area contributed by atoms with Crippen LogP contribution in [0.15, 0.2) is 0 Å². The fourth-order valence-corrected chi connectivity index (χ4v) is 1.06. The van der Waals surface area contributed by atoms with Crippen molar-refractivity contribution in [2.75, 3.05) is 13.7 Å². The summed E-state index contributed by atoms with van der Waals surface area (Å²) in [6.07, 6.45) is 2.61. The van der Waals surface area contributed by atoms with E-state index in [0.29, 0.717) is 18.6 Å². The summed E-state index contributed by atoms with van der Waals surface area (Å²) in [7, 11) is 1.70. The van der Waals surface area contributed by atoms with Crippen molar-refractivity contribution in [3.63, 3.8) is 0 Å². The molecule has 0 bridgehead atoms. The lowest BCUT2D eigenvalue weighted by molar-refractivity contribution is -0.0389. The molecule has 0 heterocycles. The van der Waals surface area contributed by atoms with Gasteiger partial charge < -0.3 is 9.84 Å². The molecule has 0 amide bonds. The van der Waals surface area contributed by atoms with E-state index in [1.807, 2.05) is 0 Å². The van der Waals surface area contributed by atoms with E-state index in [1.165, 1.54) is 0 Å². The van der Waals surface area contributed by atoms with Gasteiger partial charge >= 0.3 is 0 Å². The summed E-state index contributed by atoms with van der Waals surface area (Å²) >= 11 is 0. The van der Waals surface area contributed by atoms with Gasteiger partial charge in [0.05, 0.1) is 6.10 Å². The maximum atomic E-state index is 8.61. The predicted octanol–water partition coefficient (Wildman–Crippen LogP) is 0.404. The lowest BCUT2D eigenvalue weighted by atomic mass is 9.83. The van der Waals surface area contributed by atoms with E-state index in [2.05, 4.69) is 0 Å². The highest BCUT2D eigenvalue weighted by molar-refractivity contribution is 4.80. The minimum absolute atomic E-state index is 0.290. The SMILES string of the molecule is CO[C@@H]1CC[C@H]1CO. The van der Waals surface area contributed by atoms with Crippen LogP contribution in [0.3, 0.4) is 0 Å². The van der Waals surface area contributed by atoms with Crippen molar-refractivity contribution in [2.45, 2.75) is 18.9 Å². The van der Waals surface area contributed by atoms with Gasteiger partial charge in [0.25, 0.3) is 0 Å². The van der Waals surface area contributed by atoms with E-state index in [-0.39, 0.29) is 0 Å². The van der Waals surface area contributed by atoms with Crippen LogP contribution in [0.4, 0.5) is 0 Å². The van der Waals surface area contributed by atoms with Crippen molar-refractivity contribution in [3.05, 3.63) is 0 Å². The van der Waals surface area contributed by atoms with Crippen LogP contribution in [0.5, 0.6) is 0 Å². The van der Waals surface area contributed by atoms with Crippen molar-refractivity contribution in [1.82, 2.24) is 0 Å². The maximum absolute atomic E-state index is 8.61. The Labute approximate surface area is 49.5 Å². The van der Waals surface area contributed by atoms with E-state index >= 15 is 0 Å². The molecule has 0 spiro atoms. The summed E-state index contributed by atoms with van der Waals surface area (Å²) in [5.41, 5.74) is 0. The molecule has 0 aromatic carbocycles. The molecule has 2 atom stereocenters. The van der Waals surface area contributed by atoms with Gasteiger partial charge in [0.15, 0.2) is 0 Å².